The van der Waals surface area contributed by atoms with Gasteiger partial charge in [-0.05, 0) is 35.4 Å². The quantitative estimate of drug-likeness (QED) is 0.553. The Morgan fingerprint density at radius 1 is 0.815 bits per heavy atom. The summed E-state index contributed by atoms with van der Waals surface area (Å²) >= 11 is 0. The first-order chi connectivity index (χ1) is 13.3. The van der Waals surface area contributed by atoms with Crippen LogP contribution in [0.1, 0.15) is 23.1 Å². The Kier molecular flexibility index (Phi) is 4.94. The van der Waals surface area contributed by atoms with E-state index >= 15 is 0 Å². The number of ether oxygens (including phenoxy) is 1. The molecule has 1 heterocycles. The third-order valence-corrected chi connectivity index (χ3v) is 4.14. The van der Waals surface area contributed by atoms with Gasteiger partial charge >= 0.3 is 0 Å². The maximum Gasteiger partial charge on any atom is 0.249 e. The molecule has 5 heteroatoms. The Bertz CT molecular complexity index is 983. The number of hydrogen-bond acceptors (Lipinski definition) is 5. The smallest absolute Gasteiger partial charge is 0.249 e. The summed E-state index contributed by atoms with van der Waals surface area (Å²) in [7, 11) is 0. The Hall–Kier alpha value is -3.44. The van der Waals surface area contributed by atoms with Crippen molar-refractivity contribution in [3.63, 3.8) is 0 Å². The second-order valence-corrected chi connectivity index (χ2v) is 6.06. The lowest BCUT2D eigenvalue weighted by Crippen LogP contribution is -2.00. The summed E-state index contributed by atoms with van der Waals surface area (Å²) in [4.78, 5) is 0. The van der Waals surface area contributed by atoms with E-state index < -0.39 is 6.10 Å². The van der Waals surface area contributed by atoms with Crippen molar-refractivity contribution in [3.05, 3.63) is 102 Å². The van der Waals surface area contributed by atoms with Gasteiger partial charge in [-0.2, -0.15) is 0 Å². The molecule has 0 radical (unpaired) electrons. The Morgan fingerprint density at radius 3 is 2.19 bits per heavy atom. The summed E-state index contributed by atoms with van der Waals surface area (Å²) < 4.78 is 11.4. The van der Waals surface area contributed by atoms with Crippen molar-refractivity contribution in [2.45, 2.75) is 12.7 Å². The fraction of sp³-hybridized carbons (Fsp3) is 0.0909. The van der Waals surface area contributed by atoms with Crippen LogP contribution in [0.15, 0.2) is 89.3 Å². The molecule has 0 saturated heterocycles. The molecule has 3 aromatic carbocycles. The second-order valence-electron chi connectivity index (χ2n) is 6.06. The van der Waals surface area contributed by atoms with Crippen molar-refractivity contribution in [1.82, 2.24) is 10.2 Å². The molecule has 1 aromatic heterocycles. The first kappa shape index (κ1) is 17.0. The zero-order valence-electron chi connectivity index (χ0n) is 14.5. The van der Waals surface area contributed by atoms with Gasteiger partial charge in [-0.3, -0.25) is 0 Å². The lowest BCUT2D eigenvalue weighted by molar-refractivity contribution is 0.183. The monoisotopic (exact) mass is 358 g/mol. The van der Waals surface area contributed by atoms with Crippen LogP contribution in [0.3, 0.4) is 0 Å². The molecule has 0 aliphatic carbocycles. The molecule has 0 spiro atoms. The minimum absolute atomic E-state index is 0.159. The van der Waals surface area contributed by atoms with E-state index in [1.54, 1.807) is 12.1 Å². The van der Waals surface area contributed by atoms with E-state index in [9.17, 15) is 5.11 Å². The Balaban J connectivity index is 1.43. The number of nitrogens with zero attached hydrogens (tertiary/aromatic N) is 2. The summed E-state index contributed by atoms with van der Waals surface area (Å²) in [6.07, 6.45) is -0.988. The summed E-state index contributed by atoms with van der Waals surface area (Å²) in [5.74, 6) is 1.27. The molecule has 0 bridgehead atoms. The molecule has 0 amide bonds. The molecule has 1 atom stereocenters. The molecule has 0 saturated carbocycles. The first-order valence-electron chi connectivity index (χ1n) is 8.63. The van der Waals surface area contributed by atoms with Gasteiger partial charge in [0.15, 0.2) is 6.10 Å². The van der Waals surface area contributed by atoms with Crippen molar-refractivity contribution in [2.75, 3.05) is 0 Å². The minimum atomic E-state index is -0.988. The zero-order chi connectivity index (χ0) is 18.5. The van der Waals surface area contributed by atoms with Crippen molar-refractivity contribution >= 4 is 0 Å². The van der Waals surface area contributed by atoms with Crippen LogP contribution in [-0.2, 0) is 6.61 Å². The van der Waals surface area contributed by atoms with Crippen LogP contribution in [0.25, 0.3) is 11.5 Å². The fourth-order valence-electron chi connectivity index (χ4n) is 2.67. The molecule has 27 heavy (non-hydrogen) atoms. The molecule has 0 fully saturated rings. The molecule has 4 rings (SSSR count). The average molecular weight is 358 g/mol. The lowest BCUT2D eigenvalue weighted by atomic mass is 10.1. The van der Waals surface area contributed by atoms with Gasteiger partial charge in [-0.1, -0.05) is 60.7 Å². The third-order valence-electron chi connectivity index (χ3n) is 4.14. The second kappa shape index (κ2) is 7.85. The summed E-state index contributed by atoms with van der Waals surface area (Å²) in [6.45, 7) is 0.493. The van der Waals surface area contributed by atoms with Crippen molar-refractivity contribution in [3.8, 4) is 17.2 Å². The van der Waals surface area contributed by atoms with Crippen LogP contribution in [0.5, 0.6) is 5.75 Å². The maximum atomic E-state index is 10.5. The fourth-order valence-corrected chi connectivity index (χ4v) is 2.67. The van der Waals surface area contributed by atoms with Crippen molar-refractivity contribution < 1.29 is 14.3 Å². The first-order valence-corrected chi connectivity index (χ1v) is 8.63. The number of hydrogen-bond donors (Lipinski definition) is 1. The Labute approximate surface area is 156 Å². The average Bonchev–Trinajstić information content (AvgIpc) is 3.24. The van der Waals surface area contributed by atoms with E-state index in [2.05, 4.69) is 10.2 Å². The standard InChI is InChI=1S/C22H18N2O3/c25-20(22-24-23-21(27-22)18-9-5-2-6-10-18)17-11-13-19(14-12-17)26-15-16-7-3-1-4-8-16/h1-14,20,25H,15H2. The molecule has 1 unspecified atom stereocenters. The predicted molar refractivity (Wildman–Crippen MR) is 101 cm³/mol. The van der Waals surface area contributed by atoms with Gasteiger partial charge in [0.2, 0.25) is 11.8 Å². The van der Waals surface area contributed by atoms with Crippen LogP contribution in [0.2, 0.25) is 0 Å². The highest BCUT2D eigenvalue weighted by molar-refractivity contribution is 5.51. The van der Waals surface area contributed by atoms with Crippen LogP contribution >= 0.6 is 0 Å². The van der Waals surface area contributed by atoms with E-state index in [0.29, 0.717) is 18.1 Å². The van der Waals surface area contributed by atoms with E-state index in [-0.39, 0.29) is 5.89 Å². The molecule has 1 N–H and O–H groups in total. The van der Waals surface area contributed by atoms with E-state index in [4.69, 9.17) is 9.15 Å². The third kappa shape index (κ3) is 4.04. The molecule has 134 valence electrons. The number of aliphatic hydroxyl groups is 1. The van der Waals surface area contributed by atoms with Crippen molar-refractivity contribution in [1.29, 1.82) is 0 Å². The van der Waals surface area contributed by atoms with Gasteiger partial charge in [-0.25, -0.2) is 0 Å². The van der Waals surface area contributed by atoms with Crippen LogP contribution in [0.4, 0.5) is 0 Å². The highest BCUT2D eigenvalue weighted by atomic mass is 16.5. The predicted octanol–water partition coefficient (Wildman–Crippen LogP) is 4.40. The number of aromatic nitrogens is 2. The number of aliphatic hydroxyl groups excluding tert-OH is 1. The lowest BCUT2D eigenvalue weighted by Gasteiger charge is -2.09. The van der Waals surface area contributed by atoms with E-state index in [1.165, 1.54) is 0 Å². The molecular formula is C22H18N2O3. The summed E-state index contributed by atoms with van der Waals surface area (Å²) in [5, 5.41) is 18.5. The molecule has 0 aliphatic heterocycles. The normalized spacial score (nSPS) is 11.9. The molecule has 0 aliphatic rings. The molecular weight excluding hydrogens is 340 g/mol. The van der Waals surface area contributed by atoms with E-state index in [0.717, 1.165) is 16.9 Å². The highest BCUT2D eigenvalue weighted by Gasteiger charge is 2.18. The maximum absolute atomic E-state index is 10.5. The SMILES string of the molecule is OC(c1ccc(OCc2ccccc2)cc1)c1nnc(-c2ccccc2)o1. The minimum Gasteiger partial charge on any atom is -0.489 e. The zero-order valence-corrected chi connectivity index (χ0v) is 14.5. The van der Waals surface area contributed by atoms with E-state index in [1.807, 2.05) is 72.8 Å². The van der Waals surface area contributed by atoms with Gasteiger partial charge in [0.05, 0.1) is 0 Å². The van der Waals surface area contributed by atoms with Gasteiger partial charge < -0.3 is 14.3 Å². The van der Waals surface area contributed by atoms with Gasteiger partial charge in [-0.15, -0.1) is 10.2 Å². The Morgan fingerprint density at radius 2 is 1.48 bits per heavy atom. The van der Waals surface area contributed by atoms with Crippen LogP contribution in [0, 0.1) is 0 Å². The number of rotatable bonds is 6. The molecule has 4 aromatic rings. The molecule has 5 nitrogen and oxygen atoms in total. The van der Waals surface area contributed by atoms with Gasteiger partial charge in [0.25, 0.3) is 0 Å². The summed E-state index contributed by atoms with van der Waals surface area (Å²) in [5.41, 5.74) is 2.57. The largest absolute Gasteiger partial charge is 0.489 e. The van der Waals surface area contributed by atoms with Gasteiger partial charge in [0, 0.05) is 5.56 Å². The summed E-state index contributed by atoms with van der Waals surface area (Å²) in [6, 6.07) is 26.6. The van der Waals surface area contributed by atoms with Crippen LogP contribution < -0.4 is 4.74 Å². The van der Waals surface area contributed by atoms with Gasteiger partial charge in [0.1, 0.15) is 12.4 Å². The topological polar surface area (TPSA) is 68.4 Å². The van der Waals surface area contributed by atoms with Crippen LogP contribution in [-0.4, -0.2) is 15.3 Å². The highest BCUT2D eigenvalue weighted by Crippen LogP contribution is 2.26. The number of benzene rings is 3. The van der Waals surface area contributed by atoms with Crippen molar-refractivity contribution in [2.24, 2.45) is 0 Å².